The first-order valence-electron chi connectivity index (χ1n) is 8.40. The van der Waals surface area contributed by atoms with Crippen LogP contribution in [0.5, 0.6) is 0 Å². The zero-order valence-corrected chi connectivity index (χ0v) is 15.3. The largest absolute Gasteiger partial charge is 0.362 e. The molecule has 0 fully saturated rings. The lowest BCUT2D eigenvalue weighted by molar-refractivity contribution is -0.0700. The maximum Gasteiger partial charge on any atom is 0.121 e. The third-order valence-corrected chi connectivity index (χ3v) is 5.12. The average molecular weight is 325 g/mol. The van der Waals surface area contributed by atoms with Gasteiger partial charge in [0.05, 0.1) is 0 Å². The molecule has 2 aromatic carbocycles. The van der Waals surface area contributed by atoms with Crippen LogP contribution >= 0.6 is 0 Å². The van der Waals surface area contributed by atoms with Crippen molar-refractivity contribution in [3.63, 3.8) is 0 Å². The first-order chi connectivity index (χ1) is 11.2. The van der Waals surface area contributed by atoms with Crippen LogP contribution in [0.3, 0.4) is 0 Å². The molecule has 2 aromatic rings. The van der Waals surface area contributed by atoms with Crippen LogP contribution in [0.4, 0.5) is 0 Å². The molecule has 23 heavy (non-hydrogen) atoms. The van der Waals surface area contributed by atoms with Gasteiger partial charge in [-0.3, -0.25) is 4.90 Å². The van der Waals surface area contributed by atoms with Crippen molar-refractivity contribution in [1.82, 2.24) is 4.90 Å². The van der Waals surface area contributed by atoms with Gasteiger partial charge in [0, 0.05) is 21.9 Å². The molecule has 1 atom stereocenters. The standard InChI is InChI=1S/C20H26NOSi/c1-4-21(5-2)19(22-6-3)20(23,17-13-9-7-10-14-17)18-15-11-8-12-16-18/h7-16,19H,4-6H2,1-3H3. The van der Waals surface area contributed by atoms with E-state index in [1.807, 2.05) is 12.1 Å². The van der Waals surface area contributed by atoms with Crippen LogP contribution in [0, 0.1) is 0 Å². The summed E-state index contributed by atoms with van der Waals surface area (Å²) in [5.41, 5.74) is 2.40. The lowest BCUT2D eigenvalue weighted by Crippen LogP contribution is -2.53. The van der Waals surface area contributed by atoms with Crippen LogP contribution in [0.2, 0.25) is 0 Å². The first kappa shape index (κ1) is 17.9. The molecule has 0 amide bonds. The van der Waals surface area contributed by atoms with E-state index in [1.165, 1.54) is 11.1 Å². The van der Waals surface area contributed by atoms with Gasteiger partial charge in [-0.25, -0.2) is 0 Å². The molecule has 0 heterocycles. The Morgan fingerprint density at radius 1 is 0.870 bits per heavy atom. The lowest BCUT2D eigenvalue weighted by Gasteiger charge is -2.44. The molecule has 1 unspecified atom stereocenters. The van der Waals surface area contributed by atoms with E-state index < -0.39 is 5.04 Å². The van der Waals surface area contributed by atoms with Crippen molar-refractivity contribution in [2.45, 2.75) is 32.0 Å². The van der Waals surface area contributed by atoms with E-state index in [0.29, 0.717) is 6.61 Å². The number of hydrogen-bond acceptors (Lipinski definition) is 2. The molecule has 0 N–H and O–H groups in total. The van der Waals surface area contributed by atoms with Crippen molar-refractivity contribution >= 4 is 10.2 Å². The van der Waals surface area contributed by atoms with Gasteiger partial charge in [0.1, 0.15) is 6.23 Å². The summed E-state index contributed by atoms with van der Waals surface area (Å²) in [6.07, 6.45) is -0.0797. The molecule has 0 aromatic heterocycles. The highest BCUT2D eigenvalue weighted by atomic mass is 28.1. The topological polar surface area (TPSA) is 12.5 Å². The summed E-state index contributed by atoms with van der Waals surface area (Å²) >= 11 is 0. The highest BCUT2D eigenvalue weighted by Crippen LogP contribution is 2.35. The Kier molecular flexibility index (Phi) is 6.57. The fraction of sp³-hybridized carbons (Fsp3) is 0.400. The molecule has 3 heteroatoms. The lowest BCUT2D eigenvalue weighted by atomic mass is 9.87. The highest BCUT2D eigenvalue weighted by molar-refractivity contribution is 6.18. The van der Waals surface area contributed by atoms with Gasteiger partial charge in [-0.2, -0.15) is 0 Å². The molecule has 2 nitrogen and oxygen atoms in total. The normalized spacial score (nSPS) is 13.3. The van der Waals surface area contributed by atoms with Gasteiger partial charge in [0.25, 0.3) is 0 Å². The molecular formula is C20H26NOSi. The fourth-order valence-corrected chi connectivity index (χ4v) is 3.67. The van der Waals surface area contributed by atoms with E-state index in [1.54, 1.807) is 0 Å². The fourth-order valence-electron chi connectivity index (χ4n) is 3.07. The number of rotatable bonds is 8. The number of likely N-dealkylation sites (N-methyl/N-ethyl adjacent to an activating group) is 1. The first-order valence-corrected chi connectivity index (χ1v) is 8.90. The Morgan fingerprint density at radius 2 is 1.30 bits per heavy atom. The highest BCUT2D eigenvalue weighted by Gasteiger charge is 2.41. The Balaban J connectivity index is 2.60. The summed E-state index contributed by atoms with van der Waals surface area (Å²) in [4.78, 5) is 2.36. The summed E-state index contributed by atoms with van der Waals surface area (Å²) in [6, 6.07) is 21.1. The van der Waals surface area contributed by atoms with E-state index in [0.717, 1.165) is 13.1 Å². The third-order valence-electron chi connectivity index (χ3n) is 4.30. The van der Waals surface area contributed by atoms with Gasteiger partial charge in [-0.1, -0.05) is 74.5 Å². The predicted octanol–water partition coefficient (Wildman–Crippen LogP) is 3.80. The van der Waals surface area contributed by atoms with Crippen LogP contribution in [0.1, 0.15) is 31.9 Å². The SMILES string of the molecule is CCOC(N(CC)CC)C([Si])(c1ccccc1)c1ccccc1. The molecule has 121 valence electrons. The Labute approximate surface area is 143 Å². The van der Waals surface area contributed by atoms with E-state index in [9.17, 15) is 0 Å². The molecule has 0 spiro atoms. The summed E-state index contributed by atoms with van der Waals surface area (Å²) in [5.74, 6) is 0. The third kappa shape index (κ3) is 3.74. The monoisotopic (exact) mass is 324 g/mol. The van der Waals surface area contributed by atoms with Crippen molar-refractivity contribution in [2.75, 3.05) is 19.7 Å². The molecular weight excluding hydrogens is 298 g/mol. The predicted molar refractivity (Wildman–Crippen MR) is 97.8 cm³/mol. The average Bonchev–Trinajstić information content (AvgIpc) is 2.63. The second-order valence-electron chi connectivity index (χ2n) is 5.57. The summed E-state index contributed by atoms with van der Waals surface area (Å²) in [7, 11) is 4.15. The van der Waals surface area contributed by atoms with Crippen LogP contribution in [-0.2, 0) is 9.78 Å². The van der Waals surface area contributed by atoms with Gasteiger partial charge in [0.2, 0.25) is 0 Å². The summed E-state index contributed by atoms with van der Waals surface area (Å²) in [6.45, 7) is 8.96. The van der Waals surface area contributed by atoms with Crippen molar-refractivity contribution in [2.24, 2.45) is 0 Å². The van der Waals surface area contributed by atoms with Gasteiger partial charge in [-0.05, 0) is 31.1 Å². The van der Waals surface area contributed by atoms with Crippen LogP contribution < -0.4 is 0 Å². The van der Waals surface area contributed by atoms with E-state index >= 15 is 0 Å². The molecule has 0 saturated heterocycles. The number of benzene rings is 2. The molecule has 3 radical (unpaired) electrons. The second kappa shape index (κ2) is 8.43. The number of ether oxygens (including phenoxy) is 1. The Hall–Kier alpha value is -1.42. The van der Waals surface area contributed by atoms with Gasteiger partial charge in [-0.15, -0.1) is 0 Å². The van der Waals surface area contributed by atoms with Crippen molar-refractivity contribution in [3.05, 3.63) is 71.8 Å². The smallest absolute Gasteiger partial charge is 0.121 e. The second-order valence-corrected chi connectivity index (χ2v) is 6.36. The van der Waals surface area contributed by atoms with Crippen molar-refractivity contribution in [1.29, 1.82) is 0 Å². The van der Waals surface area contributed by atoms with Crippen molar-refractivity contribution in [3.8, 4) is 0 Å². The summed E-state index contributed by atoms with van der Waals surface area (Å²) in [5, 5.41) is -0.412. The minimum absolute atomic E-state index is 0.0797. The number of hydrogen-bond donors (Lipinski definition) is 0. The summed E-state index contributed by atoms with van der Waals surface area (Å²) < 4.78 is 6.24. The maximum atomic E-state index is 6.24. The molecule has 0 saturated carbocycles. The molecule has 0 aliphatic rings. The zero-order valence-electron chi connectivity index (χ0n) is 14.3. The Bertz CT molecular complexity index is 529. The van der Waals surface area contributed by atoms with Crippen molar-refractivity contribution < 1.29 is 4.74 Å². The van der Waals surface area contributed by atoms with Gasteiger partial charge >= 0.3 is 0 Å². The zero-order chi connectivity index (χ0) is 16.7. The minimum atomic E-state index is -0.412. The van der Waals surface area contributed by atoms with E-state index in [2.05, 4.69) is 84.4 Å². The van der Waals surface area contributed by atoms with Gasteiger partial charge in [0.15, 0.2) is 0 Å². The van der Waals surface area contributed by atoms with Gasteiger partial charge < -0.3 is 4.74 Å². The molecule has 0 aliphatic heterocycles. The molecule has 2 rings (SSSR count). The minimum Gasteiger partial charge on any atom is -0.362 e. The van der Waals surface area contributed by atoms with E-state index in [4.69, 9.17) is 4.74 Å². The molecule has 0 aliphatic carbocycles. The van der Waals surface area contributed by atoms with E-state index in [-0.39, 0.29) is 6.23 Å². The Morgan fingerprint density at radius 3 is 1.65 bits per heavy atom. The maximum absolute atomic E-state index is 6.24. The molecule has 0 bridgehead atoms. The van der Waals surface area contributed by atoms with Crippen LogP contribution in [0.25, 0.3) is 0 Å². The van der Waals surface area contributed by atoms with Crippen LogP contribution in [0.15, 0.2) is 60.7 Å². The number of nitrogens with zero attached hydrogens (tertiary/aromatic N) is 1. The quantitative estimate of drug-likeness (QED) is 0.541. The van der Waals surface area contributed by atoms with Crippen LogP contribution in [-0.4, -0.2) is 41.1 Å².